The minimum Gasteiger partial charge on any atom is -0.334 e. The first-order chi connectivity index (χ1) is 23.4. The molecule has 0 radical (unpaired) electrons. The van der Waals surface area contributed by atoms with Gasteiger partial charge in [0, 0.05) is 38.3 Å². The van der Waals surface area contributed by atoms with Crippen molar-refractivity contribution >= 4 is 62.0 Å². The molecule has 2 unspecified atom stereocenters. The number of anilines is 5. The monoisotopic (exact) mass is 662 g/mol. The van der Waals surface area contributed by atoms with Gasteiger partial charge in [0.05, 0.1) is 21.6 Å². The van der Waals surface area contributed by atoms with Crippen LogP contribution in [-0.2, 0) is 10.8 Å². The molecule has 0 spiro atoms. The van der Waals surface area contributed by atoms with Crippen molar-refractivity contribution in [3.63, 3.8) is 0 Å². The Morgan fingerprint density at radius 3 is 2.31 bits per heavy atom. The summed E-state index contributed by atoms with van der Waals surface area (Å²) in [5, 5.41) is 1.33. The van der Waals surface area contributed by atoms with Crippen molar-refractivity contribution in [2.75, 3.05) is 9.80 Å². The Bertz CT molecular complexity index is 2150. The Kier molecular flexibility index (Phi) is 7.54. The summed E-state index contributed by atoms with van der Waals surface area (Å²) >= 11 is 1.92. The Morgan fingerprint density at radius 2 is 1.53 bits per heavy atom. The van der Waals surface area contributed by atoms with Gasteiger partial charge in [-0.05, 0) is 117 Å². The highest BCUT2D eigenvalue weighted by molar-refractivity contribution is 7.20. The van der Waals surface area contributed by atoms with Crippen molar-refractivity contribution in [3.8, 4) is 0 Å². The van der Waals surface area contributed by atoms with E-state index in [-0.39, 0.29) is 16.4 Å². The molecule has 2 nitrogen and oxygen atoms in total. The molecule has 4 aromatic carbocycles. The lowest BCUT2D eigenvalue weighted by Gasteiger charge is -2.50. The van der Waals surface area contributed by atoms with Gasteiger partial charge in [0.1, 0.15) is 0 Å². The fourth-order valence-corrected chi connectivity index (χ4v) is 10.5. The number of fused-ring (bicyclic) bond motifs is 6. The molecule has 3 heteroatoms. The Morgan fingerprint density at radius 1 is 0.796 bits per heavy atom. The van der Waals surface area contributed by atoms with Crippen molar-refractivity contribution in [1.29, 1.82) is 0 Å². The fourth-order valence-electron chi connectivity index (χ4n) is 9.29. The molecule has 1 saturated carbocycles. The van der Waals surface area contributed by atoms with E-state index in [1.807, 2.05) is 11.3 Å². The second kappa shape index (κ2) is 11.5. The predicted octanol–water partition coefficient (Wildman–Crippen LogP) is 13.8. The zero-order chi connectivity index (χ0) is 34.3. The highest BCUT2D eigenvalue weighted by atomic mass is 32.1. The van der Waals surface area contributed by atoms with E-state index in [9.17, 15) is 0 Å². The number of hydrogen-bond donors (Lipinski definition) is 0. The van der Waals surface area contributed by atoms with Crippen LogP contribution in [-0.4, -0.2) is 5.54 Å². The summed E-state index contributed by atoms with van der Waals surface area (Å²) in [4.78, 5) is 6.65. The maximum atomic E-state index is 2.72. The maximum Gasteiger partial charge on any atom is 0.0640 e. The predicted molar refractivity (Wildman–Crippen MR) is 215 cm³/mol. The molecule has 0 N–H and O–H groups in total. The number of allylic oxidation sites excluding steroid dienone is 2. The second-order valence-electron chi connectivity index (χ2n) is 16.3. The van der Waals surface area contributed by atoms with Gasteiger partial charge in [-0.1, -0.05) is 101 Å². The van der Waals surface area contributed by atoms with Crippen LogP contribution >= 0.6 is 11.3 Å². The molecule has 49 heavy (non-hydrogen) atoms. The van der Waals surface area contributed by atoms with Crippen LogP contribution in [0.3, 0.4) is 0 Å². The Balaban J connectivity index is 1.39. The van der Waals surface area contributed by atoms with Crippen LogP contribution < -0.4 is 9.80 Å². The molecular formula is C46H50N2S. The number of aryl methyl sites for hydroxylation is 3. The first-order valence-corrected chi connectivity index (χ1v) is 19.0. The lowest BCUT2D eigenvalue weighted by molar-refractivity contribution is 0.195. The lowest BCUT2D eigenvalue weighted by atomic mass is 9.61. The molecule has 3 aliphatic rings. The standard InChI is InChI=1S/C46H50N2S/c1-30-25-34(29-35(26-30)48-39-20-13-12-19-38(39)45(7)23-14-15-24-46(45,48)8)47(42-31(2)27-33(28-32(42)3)44(4,5)6)40-21-16-18-37-36-17-10-9-11-22-41(36)49-43(37)40/h10-13,16-22,25-29H,9,14-15,23-24H2,1-8H3. The summed E-state index contributed by atoms with van der Waals surface area (Å²) in [5.74, 6) is 0. The molecule has 0 bridgehead atoms. The summed E-state index contributed by atoms with van der Waals surface area (Å²) in [6.45, 7) is 18.9. The average molecular weight is 663 g/mol. The van der Waals surface area contributed by atoms with E-state index in [0.717, 1.165) is 6.42 Å². The molecule has 2 heterocycles. The van der Waals surface area contributed by atoms with Crippen LogP contribution in [0.15, 0.2) is 84.9 Å². The van der Waals surface area contributed by atoms with Crippen LogP contribution in [0, 0.1) is 20.8 Å². The molecule has 0 amide bonds. The van der Waals surface area contributed by atoms with Crippen molar-refractivity contribution in [2.24, 2.45) is 0 Å². The van der Waals surface area contributed by atoms with Gasteiger partial charge in [-0.3, -0.25) is 0 Å². The number of nitrogens with zero attached hydrogens (tertiary/aromatic N) is 2. The van der Waals surface area contributed by atoms with Gasteiger partial charge < -0.3 is 9.80 Å². The van der Waals surface area contributed by atoms with Gasteiger partial charge in [-0.2, -0.15) is 0 Å². The molecule has 2 atom stereocenters. The molecule has 2 aliphatic carbocycles. The van der Waals surface area contributed by atoms with E-state index >= 15 is 0 Å². The smallest absolute Gasteiger partial charge is 0.0640 e. The van der Waals surface area contributed by atoms with E-state index in [1.54, 1.807) is 0 Å². The van der Waals surface area contributed by atoms with Gasteiger partial charge in [-0.15, -0.1) is 11.3 Å². The summed E-state index contributed by atoms with van der Waals surface area (Å²) in [5.41, 5.74) is 14.7. The van der Waals surface area contributed by atoms with E-state index in [1.165, 1.54) is 102 Å². The minimum atomic E-state index is 0.00895. The van der Waals surface area contributed by atoms with E-state index < -0.39 is 0 Å². The quantitative estimate of drug-likeness (QED) is 0.189. The third-order valence-electron chi connectivity index (χ3n) is 12.0. The highest BCUT2D eigenvalue weighted by Gasteiger charge is 2.57. The zero-order valence-electron chi connectivity index (χ0n) is 30.6. The average Bonchev–Trinajstić information content (AvgIpc) is 3.38. The van der Waals surface area contributed by atoms with Crippen LogP contribution in [0.1, 0.15) is 105 Å². The van der Waals surface area contributed by atoms with E-state index in [0.29, 0.717) is 0 Å². The van der Waals surface area contributed by atoms with Crippen molar-refractivity contribution in [3.05, 3.63) is 123 Å². The molecule has 8 rings (SSSR count). The maximum absolute atomic E-state index is 2.72. The van der Waals surface area contributed by atoms with Gasteiger partial charge in [-0.25, -0.2) is 0 Å². The Hall–Kier alpha value is -4.08. The van der Waals surface area contributed by atoms with Gasteiger partial charge in [0.2, 0.25) is 0 Å². The first kappa shape index (κ1) is 32.1. The SMILES string of the molecule is Cc1cc(N(c2c(C)cc(C(C)(C)C)cc2C)c2cccc3c4c(sc23)C=CCC=C4)cc(N2c3ccccc3C3(C)CCCCC23C)c1. The van der Waals surface area contributed by atoms with E-state index in [4.69, 9.17) is 0 Å². The Labute approximate surface area is 297 Å². The number of benzene rings is 4. The number of rotatable bonds is 4. The van der Waals surface area contributed by atoms with Crippen LogP contribution in [0.4, 0.5) is 28.4 Å². The third kappa shape index (κ3) is 4.95. The van der Waals surface area contributed by atoms with Crippen molar-refractivity contribution in [2.45, 2.75) is 104 Å². The summed E-state index contributed by atoms with van der Waals surface area (Å²) in [6.07, 6.45) is 15.2. The summed E-state index contributed by atoms with van der Waals surface area (Å²) in [7, 11) is 0. The third-order valence-corrected chi connectivity index (χ3v) is 13.2. The molecule has 1 fully saturated rings. The molecule has 250 valence electrons. The molecule has 1 aliphatic heterocycles. The van der Waals surface area contributed by atoms with Crippen LogP contribution in [0.25, 0.3) is 22.2 Å². The van der Waals surface area contributed by atoms with E-state index in [2.05, 4.69) is 162 Å². The van der Waals surface area contributed by atoms with Crippen molar-refractivity contribution < 1.29 is 0 Å². The fraction of sp³-hybridized carbons (Fsp3) is 0.348. The number of hydrogen-bond acceptors (Lipinski definition) is 3. The van der Waals surface area contributed by atoms with Gasteiger partial charge in [0.25, 0.3) is 0 Å². The van der Waals surface area contributed by atoms with Gasteiger partial charge >= 0.3 is 0 Å². The van der Waals surface area contributed by atoms with Gasteiger partial charge in [0.15, 0.2) is 0 Å². The first-order valence-electron chi connectivity index (χ1n) is 18.2. The summed E-state index contributed by atoms with van der Waals surface area (Å²) in [6, 6.07) is 28.3. The number of thiophene rings is 1. The number of para-hydroxylation sites is 1. The van der Waals surface area contributed by atoms with Crippen LogP contribution in [0.5, 0.6) is 0 Å². The highest BCUT2D eigenvalue weighted by Crippen LogP contribution is 2.61. The lowest BCUT2D eigenvalue weighted by Crippen LogP contribution is -2.54. The zero-order valence-corrected chi connectivity index (χ0v) is 31.4. The molecular weight excluding hydrogens is 613 g/mol. The molecule has 1 aromatic heterocycles. The second-order valence-corrected chi connectivity index (χ2v) is 17.4. The largest absolute Gasteiger partial charge is 0.334 e. The topological polar surface area (TPSA) is 6.48 Å². The molecule has 5 aromatic rings. The summed E-state index contributed by atoms with van der Waals surface area (Å²) < 4.78 is 1.34. The minimum absolute atomic E-state index is 0.00895. The van der Waals surface area contributed by atoms with Crippen LogP contribution in [0.2, 0.25) is 0 Å². The van der Waals surface area contributed by atoms with Crippen molar-refractivity contribution in [1.82, 2.24) is 0 Å². The normalized spacial score (nSPS) is 21.4. The molecule has 0 saturated heterocycles.